The summed E-state index contributed by atoms with van der Waals surface area (Å²) in [6.07, 6.45) is 1.40. The van der Waals surface area contributed by atoms with Crippen LogP contribution in [0.3, 0.4) is 0 Å². The first-order chi connectivity index (χ1) is 13.9. The molecule has 2 aromatic rings. The molecule has 1 fully saturated rings. The molecule has 0 aliphatic carbocycles. The number of hydrogen-bond acceptors (Lipinski definition) is 5. The van der Waals surface area contributed by atoms with Crippen molar-refractivity contribution in [2.75, 3.05) is 19.9 Å². The van der Waals surface area contributed by atoms with Crippen molar-refractivity contribution in [2.24, 2.45) is 0 Å². The summed E-state index contributed by atoms with van der Waals surface area (Å²) in [5, 5.41) is 0.626. The Labute approximate surface area is 184 Å². The quantitative estimate of drug-likeness (QED) is 0.649. The lowest BCUT2D eigenvalue weighted by molar-refractivity contribution is 0.174. The van der Waals surface area contributed by atoms with Crippen LogP contribution in [0.5, 0.6) is 11.5 Å². The SMILES string of the molecule is CCc1cc(Br)ccc1S(=O)(=O)NC1CCN(Cc2cc3c(cc2Cl)OCO3)C1. The van der Waals surface area contributed by atoms with Gasteiger partial charge in [0.05, 0.1) is 4.90 Å². The van der Waals surface area contributed by atoms with Crippen molar-refractivity contribution in [2.45, 2.75) is 37.2 Å². The normalized spacial score (nSPS) is 19.1. The first-order valence-corrected chi connectivity index (χ1v) is 12.1. The van der Waals surface area contributed by atoms with Crippen molar-refractivity contribution in [1.29, 1.82) is 0 Å². The van der Waals surface area contributed by atoms with E-state index in [4.69, 9.17) is 21.1 Å². The second-order valence-corrected chi connectivity index (χ2v) is 10.2. The average Bonchev–Trinajstić information content (AvgIpc) is 3.30. The van der Waals surface area contributed by atoms with Crippen LogP contribution in [0.4, 0.5) is 0 Å². The number of nitrogens with zero attached hydrogens (tertiary/aromatic N) is 1. The van der Waals surface area contributed by atoms with Crippen LogP contribution in [0.1, 0.15) is 24.5 Å². The highest BCUT2D eigenvalue weighted by atomic mass is 79.9. The molecule has 0 radical (unpaired) electrons. The fourth-order valence-electron chi connectivity index (χ4n) is 3.76. The summed E-state index contributed by atoms with van der Waals surface area (Å²) in [4.78, 5) is 2.54. The molecule has 6 nitrogen and oxygen atoms in total. The molecule has 1 atom stereocenters. The molecule has 0 spiro atoms. The molecular formula is C20H22BrClN2O4S. The maximum atomic E-state index is 12.9. The number of halogens is 2. The number of fused-ring (bicyclic) bond motifs is 1. The molecule has 2 heterocycles. The Morgan fingerprint density at radius 1 is 1.21 bits per heavy atom. The summed E-state index contributed by atoms with van der Waals surface area (Å²) in [5.41, 5.74) is 1.74. The third-order valence-corrected chi connectivity index (χ3v) is 7.69. The molecule has 2 aromatic carbocycles. The van der Waals surface area contributed by atoms with E-state index < -0.39 is 10.0 Å². The molecule has 2 aliphatic rings. The third-order valence-electron chi connectivity index (χ3n) is 5.22. The van der Waals surface area contributed by atoms with E-state index in [0.29, 0.717) is 40.9 Å². The fraction of sp³-hybridized carbons (Fsp3) is 0.400. The predicted octanol–water partition coefficient (Wildman–Crippen LogP) is 3.95. The van der Waals surface area contributed by atoms with Gasteiger partial charge in [0.15, 0.2) is 11.5 Å². The monoisotopic (exact) mass is 500 g/mol. The van der Waals surface area contributed by atoms with Crippen LogP contribution in [-0.2, 0) is 23.0 Å². The number of sulfonamides is 1. The van der Waals surface area contributed by atoms with Gasteiger partial charge in [-0.3, -0.25) is 4.90 Å². The largest absolute Gasteiger partial charge is 0.454 e. The summed E-state index contributed by atoms with van der Waals surface area (Å²) >= 11 is 9.78. The number of ether oxygens (including phenoxy) is 2. The van der Waals surface area contributed by atoms with E-state index in [0.717, 1.165) is 28.6 Å². The highest BCUT2D eigenvalue weighted by molar-refractivity contribution is 9.10. The van der Waals surface area contributed by atoms with Gasteiger partial charge in [-0.1, -0.05) is 34.5 Å². The zero-order valence-corrected chi connectivity index (χ0v) is 19.1. The summed E-state index contributed by atoms with van der Waals surface area (Å²) in [5.74, 6) is 1.36. The van der Waals surface area contributed by atoms with E-state index in [1.165, 1.54) is 0 Å². The maximum absolute atomic E-state index is 12.9. The Bertz CT molecular complexity index is 1030. The minimum atomic E-state index is -3.58. The van der Waals surface area contributed by atoms with Gasteiger partial charge < -0.3 is 9.47 Å². The van der Waals surface area contributed by atoms with Crippen molar-refractivity contribution < 1.29 is 17.9 Å². The molecule has 0 saturated carbocycles. The number of benzene rings is 2. The van der Waals surface area contributed by atoms with E-state index in [1.54, 1.807) is 18.2 Å². The van der Waals surface area contributed by atoms with Gasteiger partial charge in [0, 0.05) is 41.2 Å². The van der Waals surface area contributed by atoms with Gasteiger partial charge in [-0.05, 0) is 48.2 Å². The Kier molecular flexibility index (Phi) is 6.09. The standard InChI is InChI=1S/C20H22BrClN2O4S/c1-2-13-7-15(21)3-4-20(13)29(25,26)23-16-5-6-24(11-16)10-14-8-18-19(9-17(14)22)28-12-27-18/h3-4,7-9,16,23H,2,5-6,10-12H2,1H3. The Morgan fingerprint density at radius 3 is 2.72 bits per heavy atom. The van der Waals surface area contributed by atoms with Gasteiger partial charge in [-0.2, -0.15) is 0 Å². The molecule has 0 bridgehead atoms. The van der Waals surface area contributed by atoms with Crippen LogP contribution in [-0.4, -0.2) is 39.2 Å². The first-order valence-electron chi connectivity index (χ1n) is 9.47. The molecule has 0 amide bonds. The van der Waals surface area contributed by atoms with Gasteiger partial charge in [0.2, 0.25) is 16.8 Å². The molecule has 1 unspecified atom stereocenters. The highest BCUT2D eigenvalue weighted by Gasteiger charge is 2.29. The Morgan fingerprint density at radius 2 is 1.97 bits per heavy atom. The molecule has 156 valence electrons. The number of likely N-dealkylation sites (tertiary alicyclic amines) is 1. The van der Waals surface area contributed by atoms with Crippen LogP contribution >= 0.6 is 27.5 Å². The molecule has 2 aliphatic heterocycles. The van der Waals surface area contributed by atoms with Gasteiger partial charge in [-0.25, -0.2) is 13.1 Å². The van der Waals surface area contributed by atoms with Gasteiger partial charge in [0.1, 0.15) is 0 Å². The minimum Gasteiger partial charge on any atom is -0.454 e. The van der Waals surface area contributed by atoms with Crippen LogP contribution in [0, 0.1) is 0 Å². The molecule has 1 saturated heterocycles. The molecular weight excluding hydrogens is 480 g/mol. The molecule has 29 heavy (non-hydrogen) atoms. The second kappa shape index (κ2) is 8.43. The second-order valence-electron chi connectivity index (χ2n) is 7.24. The summed E-state index contributed by atoms with van der Waals surface area (Å²) < 4.78 is 40.4. The van der Waals surface area contributed by atoms with E-state index >= 15 is 0 Å². The van der Waals surface area contributed by atoms with Crippen LogP contribution in [0.2, 0.25) is 5.02 Å². The summed E-state index contributed by atoms with van der Waals surface area (Å²) in [6.45, 7) is 4.21. The van der Waals surface area contributed by atoms with E-state index in [1.807, 2.05) is 19.1 Å². The number of nitrogens with one attached hydrogen (secondary N) is 1. The number of hydrogen-bond donors (Lipinski definition) is 1. The van der Waals surface area contributed by atoms with Gasteiger partial charge >= 0.3 is 0 Å². The lowest BCUT2D eigenvalue weighted by Crippen LogP contribution is -2.37. The third kappa shape index (κ3) is 4.56. The van der Waals surface area contributed by atoms with Gasteiger partial charge in [-0.15, -0.1) is 0 Å². The molecule has 9 heteroatoms. The van der Waals surface area contributed by atoms with E-state index in [-0.39, 0.29) is 12.8 Å². The van der Waals surface area contributed by atoms with Crippen molar-refractivity contribution in [1.82, 2.24) is 9.62 Å². The van der Waals surface area contributed by atoms with E-state index in [9.17, 15) is 8.42 Å². The topological polar surface area (TPSA) is 67.9 Å². The molecule has 0 aromatic heterocycles. The van der Waals surface area contributed by atoms with Crippen LogP contribution in [0.25, 0.3) is 0 Å². The number of aryl methyl sites for hydroxylation is 1. The lowest BCUT2D eigenvalue weighted by Gasteiger charge is -2.18. The average molecular weight is 502 g/mol. The van der Waals surface area contributed by atoms with Crippen LogP contribution in [0.15, 0.2) is 39.7 Å². The van der Waals surface area contributed by atoms with Crippen molar-refractivity contribution >= 4 is 37.6 Å². The fourth-order valence-corrected chi connectivity index (χ4v) is 5.94. The smallest absolute Gasteiger partial charge is 0.241 e. The number of rotatable bonds is 6. The minimum absolute atomic E-state index is 0.138. The van der Waals surface area contributed by atoms with Crippen LogP contribution < -0.4 is 14.2 Å². The Hall–Kier alpha value is -1.32. The first kappa shape index (κ1) is 20.9. The van der Waals surface area contributed by atoms with Crippen molar-refractivity contribution in [3.8, 4) is 11.5 Å². The summed E-state index contributed by atoms with van der Waals surface area (Å²) in [7, 11) is -3.58. The maximum Gasteiger partial charge on any atom is 0.241 e. The summed E-state index contributed by atoms with van der Waals surface area (Å²) in [6, 6.07) is 8.81. The Balaban J connectivity index is 1.43. The molecule has 4 rings (SSSR count). The van der Waals surface area contributed by atoms with E-state index in [2.05, 4.69) is 25.6 Å². The van der Waals surface area contributed by atoms with Gasteiger partial charge in [0.25, 0.3) is 0 Å². The lowest BCUT2D eigenvalue weighted by atomic mass is 10.2. The predicted molar refractivity (Wildman–Crippen MR) is 115 cm³/mol. The zero-order valence-electron chi connectivity index (χ0n) is 16.0. The zero-order chi connectivity index (χ0) is 20.6. The van der Waals surface area contributed by atoms with Crippen molar-refractivity contribution in [3.63, 3.8) is 0 Å². The molecule has 1 N–H and O–H groups in total. The highest BCUT2D eigenvalue weighted by Crippen LogP contribution is 2.37. The van der Waals surface area contributed by atoms with Crippen molar-refractivity contribution in [3.05, 3.63) is 51.0 Å².